The Balaban J connectivity index is 2.23. The molecule has 1 atom stereocenters. The second-order valence-electron chi connectivity index (χ2n) is 5.08. The molecule has 0 spiro atoms. The minimum Gasteiger partial charge on any atom is -0.436 e. The lowest BCUT2D eigenvalue weighted by atomic mass is 10.0. The van der Waals surface area contributed by atoms with Crippen molar-refractivity contribution in [2.24, 2.45) is 13.0 Å². The standard InChI is InChI=1S/C13H19N5O2/c1-7(2)10(12-14-6-15-18(12)5)17-13(19)11-8(3)16-9(4)20-11/h6-7,10H,1-5H3,(H,17,19)/t10-/m1/s1. The highest BCUT2D eigenvalue weighted by molar-refractivity contribution is 5.92. The van der Waals surface area contributed by atoms with Crippen LogP contribution >= 0.6 is 0 Å². The number of nitrogens with one attached hydrogen (secondary N) is 1. The van der Waals surface area contributed by atoms with Crippen molar-refractivity contribution in [2.45, 2.75) is 33.7 Å². The average molecular weight is 277 g/mol. The summed E-state index contributed by atoms with van der Waals surface area (Å²) in [4.78, 5) is 20.6. The molecule has 0 aromatic carbocycles. The van der Waals surface area contributed by atoms with Crippen LogP contribution in [0.2, 0.25) is 0 Å². The first-order chi connectivity index (χ1) is 9.40. The van der Waals surface area contributed by atoms with Crippen LogP contribution in [0.3, 0.4) is 0 Å². The molecule has 0 unspecified atom stereocenters. The van der Waals surface area contributed by atoms with E-state index in [9.17, 15) is 4.79 Å². The van der Waals surface area contributed by atoms with Crippen LogP contribution in [0, 0.1) is 19.8 Å². The number of carbonyl (C=O) groups is 1. The summed E-state index contributed by atoms with van der Waals surface area (Å²) in [6, 6.07) is -0.236. The number of hydrogen-bond acceptors (Lipinski definition) is 5. The number of carbonyl (C=O) groups excluding carboxylic acids is 1. The summed E-state index contributed by atoms with van der Waals surface area (Å²) in [5.74, 6) is 1.32. The highest BCUT2D eigenvalue weighted by Crippen LogP contribution is 2.20. The van der Waals surface area contributed by atoms with E-state index in [1.165, 1.54) is 6.33 Å². The van der Waals surface area contributed by atoms with Gasteiger partial charge in [-0.3, -0.25) is 9.48 Å². The van der Waals surface area contributed by atoms with Gasteiger partial charge >= 0.3 is 0 Å². The number of hydrogen-bond donors (Lipinski definition) is 1. The van der Waals surface area contributed by atoms with Crippen LogP contribution in [0.1, 0.15) is 47.9 Å². The van der Waals surface area contributed by atoms with E-state index >= 15 is 0 Å². The summed E-state index contributed by atoms with van der Waals surface area (Å²) in [5.41, 5.74) is 0.584. The Morgan fingerprint density at radius 3 is 2.55 bits per heavy atom. The van der Waals surface area contributed by atoms with Gasteiger partial charge in [-0.25, -0.2) is 9.97 Å². The molecule has 0 radical (unpaired) electrons. The summed E-state index contributed by atoms with van der Waals surface area (Å²) in [6.07, 6.45) is 1.47. The van der Waals surface area contributed by atoms with Gasteiger partial charge < -0.3 is 9.73 Å². The third kappa shape index (κ3) is 2.71. The number of aromatic nitrogens is 4. The van der Waals surface area contributed by atoms with E-state index in [1.54, 1.807) is 25.6 Å². The fraction of sp³-hybridized carbons (Fsp3) is 0.538. The van der Waals surface area contributed by atoms with E-state index in [0.29, 0.717) is 17.4 Å². The second kappa shape index (κ2) is 5.44. The number of oxazole rings is 1. The molecule has 0 aliphatic carbocycles. The van der Waals surface area contributed by atoms with Crippen molar-refractivity contribution in [2.75, 3.05) is 0 Å². The average Bonchev–Trinajstić information content (AvgIpc) is 2.91. The normalized spacial score (nSPS) is 12.7. The van der Waals surface area contributed by atoms with Crippen molar-refractivity contribution in [3.63, 3.8) is 0 Å². The molecule has 0 bridgehead atoms. The van der Waals surface area contributed by atoms with Crippen LogP contribution in [0.5, 0.6) is 0 Å². The summed E-state index contributed by atoms with van der Waals surface area (Å²) < 4.78 is 6.99. The van der Waals surface area contributed by atoms with Gasteiger partial charge in [0, 0.05) is 14.0 Å². The monoisotopic (exact) mass is 277 g/mol. The third-order valence-electron chi connectivity index (χ3n) is 3.09. The maximum atomic E-state index is 12.3. The Hall–Kier alpha value is -2.18. The van der Waals surface area contributed by atoms with Gasteiger partial charge in [0.25, 0.3) is 5.91 Å². The van der Waals surface area contributed by atoms with Crippen LogP contribution in [0.25, 0.3) is 0 Å². The Kier molecular flexibility index (Phi) is 3.87. The molecule has 2 aromatic rings. The van der Waals surface area contributed by atoms with Gasteiger partial charge in [-0.05, 0) is 12.8 Å². The molecule has 20 heavy (non-hydrogen) atoms. The second-order valence-corrected chi connectivity index (χ2v) is 5.08. The molecule has 2 rings (SSSR count). The van der Waals surface area contributed by atoms with Crippen LogP contribution < -0.4 is 5.32 Å². The highest BCUT2D eigenvalue weighted by Gasteiger charge is 2.25. The molecule has 7 nitrogen and oxygen atoms in total. The van der Waals surface area contributed by atoms with Crippen molar-refractivity contribution in [3.8, 4) is 0 Å². The van der Waals surface area contributed by atoms with Crippen molar-refractivity contribution < 1.29 is 9.21 Å². The smallest absolute Gasteiger partial charge is 0.289 e. The lowest BCUT2D eigenvalue weighted by Crippen LogP contribution is -2.33. The van der Waals surface area contributed by atoms with Crippen molar-refractivity contribution >= 4 is 5.91 Å². The van der Waals surface area contributed by atoms with Gasteiger partial charge in [0.05, 0.1) is 11.7 Å². The lowest BCUT2D eigenvalue weighted by molar-refractivity contribution is 0.0891. The van der Waals surface area contributed by atoms with E-state index in [-0.39, 0.29) is 23.6 Å². The number of nitrogens with zero attached hydrogens (tertiary/aromatic N) is 4. The molecule has 7 heteroatoms. The number of rotatable bonds is 4. The zero-order valence-corrected chi connectivity index (χ0v) is 12.3. The number of aryl methyl sites for hydroxylation is 3. The molecular weight excluding hydrogens is 258 g/mol. The maximum absolute atomic E-state index is 12.3. The van der Waals surface area contributed by atoms with Crippen LogP contribution in [0.4, 0.5) is 0 Å². The summed E-state index contributed by atoms with van der Waals surface area (Å²) >= 11 is 0. The van der Waals surface area contributed by atoms with Crippen molar-refractivity contribution in [1.29, 1.82) is 0 Å². The van der Waals surface area contributed by atoms with Gasteiger partial charge in [0.2, 0.25) is 5.76 Å². The minimum absolute atomic E-state index is 0.172. The first-order valence-corrected chi connectivity index (χ1v) is 6.49. The molecule has 0 saturated carbocycles. The maximum Gasteiger partial charge on any atom is 0.289 e. The Bertz CT molecular complexity index is 614. The molecule has 108 valence electrons. The SMILES string of the molecule is Cc1nc(C)c(C(=O)N[C@@H](c2ncnn2C)C(C)C)o1. The zero-order chi connectivity index (χ0) is 14.9. The molecule has 0 saturated heterocycles. The largest absolute Gasteiger partial charge is 0.436 e. The number of amides is 1. The summed E-state index contributed by atoms with van der Waals surface area (Å²) in [6.45, 7) is 7.49. The quantitative estimate of drug-likeness (QED) is 0.916. The summed E-state index contributed by atoms with van der Waals surface area (Å²) in [7, 11) is 1.80. The Labute approximate surface area is 117 Å². The van der Waals surface area contributed by atoms with E-state index in [2.05, 4.69) is 20.4 Å². The molecule has 2 aromatic heterocycles. The van der Waals surface area contributed by atoms with E-state index in [0.717, 1.165) is 0 Å². The molecule has 0 aliphatic rings. The third-order valence-corrected chi connectivity index (χ3v) is 3.09. The summed E-state index contributed by atoms with van der Waals surface area (Å²) in [5, 5.41) is 6.97. The van der Waals surface area contributed by atoms with Gasteiger partial charge in [0.15, 0.2) is 5.89 Å². The molecular formula is C13H19N5O2. The fourth-order valence-electron chi connectivity index (χ4n) is 2.06. The zero-order valence-electron chi connectivity index (χ0n) is 12.3. The topological polar surface area (TPSA) is 85.8 Å². The Morgan fingerprint density at radius 2 is 2.10 bits per heavy atom. The molecule has 2 heterocycles. The predicted octanol–water partition coefficient (Wildman–Crippen LogP) is 1.55. The minimum atomic E-state index is -0.287. The van der Waals surface area contributed by atoms with Crippen molar-refractivity contribution in [3.05, 3.63) is 29.5 Å². The van der Waals surface area contributed by atoms with Gasteiger partial charge in [-0.15, -0.1) is 0 Å². The lowest BCUT2D eigenvalue weighted by Gasteiger charge is -2.20. The van der Waals surface area contributed by atoms with E-state index in [4.69, 9.17) is 4.42 Å². The molecule has 1 amide bonds. The van der Waals surface area contributed by atoms with Crippen LogP contribution in [-0.4, -0.2) is 25.7 Å². The molecule has 0 aliphatic heterocycles. The van der Waals surface area contributed by atoms with Gasteiger partial charge in [-0.2, -0.15) is 5.10 Å². The first kappa shape index (κ1) is 14.2. The molecule has 0 fully saturated rings. The Morgan fingerprint density at radius 1 is 1.40 bits per heavy atom. The van der Waals surface area contributed by atoms with Crippen LogP contribution in [0.15, 0.2) is 10.7 Å². The van der Waals surface area contributed by atoms with E-state index in [1.807, 2.05) is 13.8 Å². The van der Waals surface area contributed by atoms with E-state index < -0.39 is 0 Å². The van der Waals surface area contributed by atoms with Crippen molar-refractivity contribution in [1.82, 2.24) is 25.1 Å². The predicted molar refractivity (Wildman–Crippen MR) is 72.0 cm³/mol. The van der Waals surface area contributed by atoms with Gasteiger partial charge in [0.1, 0.15) is 12.2 Å². The van der Waals surface area contributed by atoms with Crippen LogP contribution in [-0.2, 0) is 7.05 Å². The fourth-order valence-corrected chi connectivity index (χ4v) is 2.06. The first-order valence-electron chi connectivity index (χ1n) is 6.49. The molecule has 1 N–H and O–H groups in total. The van der Waals surface area contributed by atoms with Gasteiger partial charge in [-0.1, -0.05) is 13.8 Å². The highest BCUT2D eigenvalue weighted by atomic mass is 16.4.